The number of nitrogens with one attached hydrogen (secondary N) is 1. The van der Waals surface area contributed by atoms with E-state index in [0.717, 1.165) is 37.0 Å². The molecule has 1 saturated carbocycles. The molecule has 2 aliphatic rings. The molecule has 26 heavy (non-hydrogen) atoms. The number of carboxylic acids is 1. The summed E-state index contributed by atoms with van der Waals surface area (Å²) in [5.74, 6) is -0.547. The molecule has 4 N–H and O–H groups in total. The normalized spacial score (nSPS) is 26.0. The Morgan fingerprint density at radius 3 is 2.81 bits per heavy atom. The average Bonchev–Trinajstić information content (AvgIpc) is 2.83. The van der Waals surface area contributed by atoms with Crippen LogP contribution in [0.4, 0.5) is 0 Å². The van der Waals surface area contributed by atoms with E-state index in [-0.39, 0.29) is 18.9 Å². The SMILES string of the molecule is CCCCCCCC(O)C=CC1C(O)CC2=C(NOCCC(=O)O)C[C@H]21. The zero-order chi connectivity index (χ0) is 18.9. The molecule has 148 valence electrons. The van der Waals surface area contributed by atoms with E-state index >= 15 is 0 Å². The van der Waals surface area contributed by atoms with E-state index in [4.69, 9.17) is 9.94 Å². The number of fused-ring (bicyclic) bond motifs is 1. The third-order valence-electron chi connectivity index (χ3n) is 5.37. The van der Waals surface area contributed by atoms with Crippen LogP contribution in [-0.4, -0.2) is 40.1 Å². The number of aliphatic hydroxyl groups excluding tert-OH is 2. The Kier molecular flexibility index (Phi) is 8.62. The van der Waals surface area contributed by atoms with Crippen LogP contribution in [-0.2, 0) is 9.63 Å². The Morgan fingerprint density at radius 2 is 2.08 bits per heavy atom. The zero-order valence-corrected chi connectivity index (χ0v) is 15.7. The number of hydroxylamine groups is 1. The van der Waals surface area contributed by atoms with E-state index in [2.05, 4.69) is 12.4 Å². The maximum Gasteiger partial charge on any atom is 0.305 e. The van der Waals surface area contributed by atoms with Crippen molar-refractivity contribution >= 4 is 5.97 Å². The topological polar surface area (TPSA) is 99.0 Å². The molecule has 0 spiro atoms. The van der Waals surface area contributed by atoms with Gasteiger partial charge in [-0.2, -0.15) is 0 Å². The molecule has 0 amide bonds. The zero-order valence-electron chi connectivity index (χ0n) is 15.7. The number of allylic oxidation sites excluding steroid dienone is 1. The number of hydrogen-bond donors (Lipinski definition) is 4. The molecule has 3 unspecified atom stereocenters. The Bertz CT molecular complexity index is 516. The van der Waals surface area contributed by atoms with Gasteiger partial charge in [0.2, 0.25) is 0 Å². The van der Waals surface area contributed by atoms with Crippen LogP contribution < -0.4 is 5.48 Å². The van der Waals surface area contributed by atoms with Crippen molar-refractivity contribution in [2.24, 2.45) is 11.8 Å². The minimum Gasteiger partial charge on any atom is -0.481 e. The lowest BCUT2D eigenvalue weighted by atomic mass is 9.79. The molecule has 1 fully saturated rings. The summed E-state index contributed by atoms with van der Waals surface area (Å²) in [5.41, 5.74) is 4.96. The molecule has 0 radical (unpaired) electrons. The van der Waals surface area contributed by atoms with Gasteiger partial charge < -0.3 is 15.3 Å². The van der Waals surface area contributed by atoms with Crippen LogP contribution in [0.3, 0.4) is 0 Å². The average molecular weight is 367 g/mol. The Hall–Kier alpha value is -1.37. The van der Waals surface area contributed by atoms with Crippen LogP contribution in [0.25, 0.3) is 0 Å². The van der Waals surface area contributed by atoms with Crippen molar-refractivity contribution in [3.05, 3.63) is 23.4 Å². The first-order valence-electron chi connectivity index (χ1n) is 9.88. The van der Waals surface area contributed by atoms with E-state index in [9.17, 15) is 15.0 Å². The summed E-state index contributed by atoms with van der Waals surface area (Å²) in [6.45, 7) is 2.31. The second-order valence-electron chi connectivity index (χ2n) is 7.41. The largest absolute Gasteiger partial charge is 0.481 e. The first kappa shape index (κ1) is 20.9. The monoisotopic (exact) mass is 367 g/mol. The summed E-state index contributed by atoms with van der Waals surface area (Å²) in [7, 11) is 0. The number of hydrogen-bond acceptors (Lipinski definition) is 5. The minimum absolute atomic E-state index is 0.0383. The van der Waals surface area contributed by atoms with Gasteiger partial charge >= 0.3 is 5.97 Å². The second kappa shape index (κ2) is 10.7. The van der Waals surface area contributed by atoms with Crippen molar-refractivity contribution in [3.63, 3.8) is 0 Å². The predicted octanol–water partition coefficient (Wildman–Crippen LogP) is 2.91. The summed E-state index contributed by atoms with van der Waals surface area (Å²) < 4.78 is 0. The van der Waals surface area contributed by atoms with Gasteiger partial charge in [0.05, 0.1) is 25.2 Å². The fourth-order valence-electron chi connectivity index (χ4n) is 3.80. The van der Waals surface area contributed by atoms with E-state index < -0.39 is 18.2 Å². The Morgan fingerprint density at radius 1 is 1.31 bits per heavy atom. The van der Waals surface area contributed by atoms with E-state index in [1.165, 1.54) is 19.3 Å². The van der Waals surface area contributed by atoms with E-state index in [1.807, 2.05) is 12.2 Å². The van der Waals surface area contributed by atoms with Gasteiger partial charge in [0.25, 0.3) is 0 Å². The number of rotatable bonds is 13. The molecule has 0 aromatic carbocycles. The number of carbonyl (C=O) groups is 1. The molecule has 0 aromatic heterocycles. The number of aliphatic hydroxyl groups is 2. The van der Waals surface area contributed by atoms with Gasteiger partial charge in [-0.05, 0) is 30.8 Å². The number of aliphatic carboxylic acids is 1. The van der Waals surface area contributed by atoms with Gasteiger partial charge in [-0.15, -0.1) is 0 Å². The molecule has 2 aliphatic carbocycles. The Labute approximate surface area is 155 Å². The summed E-state index contributed by atoms with van der Waals surface area (Å²) in [5, 5.41) is 29.0. The summed E-state index contributed by atoms with van der Waals surface area (Å²) in [6, 6.07) is 0. The molecule has 6 nitrogen and oxygen atoms in total. The number of unbranched alkanes of at least 4 members (excludes halogenated alkanes) is 4. The van der Waals surface area contributed by atoms with Gasteiger partial charge in [-0.25, -0.2) is 0 Å². The van der Waals surface area contributed by atoms with Gasteiger partial charge in [0.1, 0.15) is 0 Å². The first-order chi connectivity index (χ1) is 12.5. The van der Waals surface area contributed by atoms with Crippen LogP contribution in [0.1, 0.15) is 64.7 Å². The van der Waals surface area contributed by atoms with Crippen molar-refractivity contribution < 1.29 is 25.0 Å². The molecule has 0 bridgehead atoms. The molecule has 0 aromatic rings. The van der Waals surface area contributed by atoms with Crippen LogP contribution in [0.2, 0.25) is 0 Å². The standard InChI is InChI=1S/C20H33NO5/c1-2-3-4-5-6-7-14(22)8-9-15-16-12-18(17(16)13-19(15)23)21-26-11-10-20(24)25/h8-9,14-16,19,21-23H,2-7,10-13H2,1H3,(H,24,25)/t14?,15?,16-,19?/m0/s1. The fourth-order valence-corrected chi connectivity index (χ4v) is 3.80. The van der Waals surface area contributed by atoms with Gasteiger partial charge in [-0.1, -0.05) is 51.2 Å². The van der Waals surface area contributed by atoms with Crippen LogP contribution in [0.15, 0.2) is 23.4 Å². The van der Waals surface area contributed by atoms with Crippen molar-refractivity contribution in [3.8, 4) is 0 Å². The Balaban J connectivity index is 1.72. The summed E-state index contributed by atoms with van der Waals surface area (Å²) in [6.07, 6.45) is 11.0. The molecule has 0 aliphatic heterocycles. The summed E-state index contributed by atoms with van der Waals surface area (Å²) >= 11 is 0. The van der Waals surface area contributed by atoms with Crippen LogP contribution >= 0.6 is 0 Å². The van der Waals surface area contributed by atoms with Gasteiger partial charge in [0, 0.05) is 11.6 Å². The van der Waals surface area contributed by atoms with Gasteiger partial charge in [-0.3, -0.25) is 15.1 Å². The van der Waals surface area contributed by atoms with Crippen molar-refractivity contribution in [2.75, 3.05) is 6.61 Å². The van der Waals surface area contributed by atoms with Crippen molar-refractivity contribution in [1.82, 2.24) is 5.48 Å². The van der Waals surface area contributed by atoms with Crippen molar-refractivity contribution in [1.29, 1.82) is 0 Å². The smallest absolute Gasteiger partial charge is 0.305 e. The van der Waals surface area contributed by atoms with Gasteiger partial charge in [0.15, 0.2) is 0 Å². The molecule has 6 heteroatoms. The highest BCUT2D eigenvalue weighted by Crippen LogP contribution is 2.49. The highest BCUT2D eigenvalue weighted by molar-refractivity contribution is 5.66. The van der Waals surface area contributed by atoms with E-state index in [0.29, 0.717) is 12.3 Å². The lowest BCUT2D eigenvalue weighted by molar-refractivity contribution is -0.138. The highest BCUT2D eigenvalue weighted by Gasteiger charge is 2.44. The lowest BCUT2D eigenvalue weighted by Gasteiger charge is -2.31. The maximum atomic E-state index is 10.5. The second-order valence-corrected chi connectivity index (χ2v) is 7.41. The third-order valence-corrected chi connectivity index (χ3v) is 5.37. The van der Waals surface area contributed by atoms with Crippen LogP contribution in [0.5, 0.6) is 0 Å². The van der Waals surface area contributed by atoms with Crippen molar-refractivity contribution in [2.45, 2.75) is 76.9 Å². The fraction of sp³-hybridized carbons (Fsp3) is 0.750. The molecule has 4 atom stereocenters. The predicted molar refractivity (Wildman–Crippen MR) is 99.1 cm³/mol. The first-order valence-corrected chi connectivity index (χ1v) is 9.88. The van der Waals surface area contributed by atoms with Crippen LogP contribution in [0, 0.1) is 11.8 Å². The maximum absolute atomic E-state index is 10.5. The molecule has 0 saturated heterocycles. The highest BCUT2D eigenvalue weighted by atomic mass is 16.6. The number of carboxylic acid groups (broad SMARTS) is 1. The van der Waals surface area contributed by atoms with E-state index in [1.54, 1.807) is 0 Å². The molecular weight excluding hydrogens is 334 g/mol. The quantitative estimate of drug-likeness (QED) is 0.227. The molecule has 0 heterocycles. The molecular formula is C20H33NO5. The minimum atomic E-state index is -0.888. The lowest BCUT2D eigenvalue weighted by Crippen LogP contribution is -2.30. The summed E-state index contributed by atoms with van der Waals surface area (Å²) in [4.78, 5) is 15.6. The third kappa shape index (κ3) is 6.11. The molecule has 2 rings (SSSR count).